The van der Waals surface area contributed by atoms with E-state index in [4.69, 9.17) is 5.73 Å². The second-order valence-electron chi connectivity index (χ2n) is 6.73. The van der Waals surface area contributed by atoms with E-state index >= 15 is 0 Å². The van der Waals surface area contributed by atoms with Gasteiger partial charge in [-0.05, 0) is 25.2 Å². The summed E-state index contributed by atoms with van der Waals surface area (Å²) in [6.07, 6.45) is -4.81. The maximum atomic E-state index is 12.8. The van der Waals surface area contributed by atoms with Gasteiger partial charge in [-0.2, -0.15) is 0 Å². The lowest BCUT2D eigenvalue weighted by atomic mass is 10.2. The first-order chi connectivity index (χ1) is 14.1. The zero-order chi connectivity index (χ0) is 21.9. The smallest absolute Gasteiger partial charge is 0.405 e. The van der Waals surface area contributed by atoms with Crippen molar-refractivity contribution in [2.45, 2.75) is 26.0 Å². The molecule has 158 valence electrons. The van der Waals surface area contributed by atoms with Crippen LogP contribution in [0.4, 0.5) is 13.2 Å². The van der Waals surface area contributed by atoms with Crippen molar-refractivity contribution in [2.24, 2.45) is 5.73 Å². The molecule has 0 radical (unpaired) electrons. The Kier molecular flexibility index (Phi) is 6.06. The molecule has 0 saturated heterocycles. The molecule has 1 amide bonds. The Morgan fingerprint density at radius 1 is 1.13 bits per heavy atom. The molecule has 3 rings (SSSR count). The third kappa shape index (κ3) is 5.15. The zero-order valence-electron chi connectivity index (χ0n) is 16.0. The number of nitrogens with two attached hydrogens (primary N) is 1. The van der Waals surface area contributed by atoms with Gasteiger partial charge in [0.1, 0.15) is 18.1 Å². The molecule has 1 heterocycles. The summed E-state index contributed by atoms with van der Waals surface area (Å²) in [6, 6.07) is 12.5. The third-order valence-corrected chi connectivity index (χ3v) is 4.30. The number of nitrogens with zero attached hydrogens (tertiary/aromatic N) is 3. The number of ether oxygens (including phenoxy) is 1. The van der Waals surface area contributed by atoms with Crippen LogP contribution in [0.15, 0.2) is 53.3 Å². The van der Waals surface area contributed by atoms with Crippen LogP contribution >= 0.6 is 0 Å². The summed E-state index contributed by atoms with van der Waals surface area (Å²) >= 11 is 0. The van der Waals surface area contributed by atoms with Gasteiger partial charge < -0.3 is 10.5 Å². The molecule has 3 aromatic rings. The van der Waals surface area contributed by atoms with Crippen molar-refractivity contribution in [2.75, 3.05) is 7.05 Å². The van der Waals surface area contributed by atoms with Gasteiger partial charge in [0.25, 0.3) is 5.56 Å². The van der Waals surface area contributed by atoms with Crippen LogP contribution in [0, 0.1) is 0 Å². The minimum atomic E-state index is -4.81. The Labute approximate surface area is 169 Å². The van der Waals surface area contributed by atoms with Crippen molar-refractivity contribution in [1.82, 2.24) is 14.5 Å². The standard InChI is InChI=1S/C20H19F3N4O3/c1-26(10-13-6-2-5-9-16(13)30-20(21,22)23)12-18-25-15-8-4-3-7-14(15)19(29)27(18)11-17(24)28/h2-9H,10-12H2,1H3,(H2,24,28). The molecule has 1 aromatic heterocycles. The van der Waals surface area contributed by atoms with Crippen LogP contribution in [0.25, 0.3) is 10.9 Å². The SMILES string of the molecule is CN(Cc1ccccc1OC(F)(F)F)Cc1nc2ccccc2c(=O)n1CC(N)=O. The highest BCUT2D eigenvalue weighted by molar-refractivity contribution is 5.78. The maximum absolute atomic E-state index is 12.8. The van der Waals surface area contributed by atoms with Crippen molar-refractivity contribution in [1.29, 1.82) is 0 Å². The van der Waals surface area contributed by atoms with Crippen molar-refractivity contribution < 1.29 is 22.7 Å². The molecule has 0 aliphatic heterocycles. The van der Waals surface area contributed by atoms with E-state index in [1.54, 1.807) is 42.3 Å². The number of hydrogen-bond donors (Lipinski definition) is 1. The number of fused-ring (bicyclic) bond motifs is 1. The van der Waals surface area contributed by atoms with Gasteiger partial charge in [0.2, 0.25) is 5.91 Å². The normalized spacial score (nSPS) is 11.8. The first-order valence-electron chi connectivity index (χ1n) is 8.93. The monoisotopic (exact) mass is 420 g/mol. The molecule has 0 aliphatic carbocycles. The fourth-order valence-electron chi connectivity index (χ4n) is 3.10. The van der Waals surface area contributed by atoms with Gasteiger partial charge in [-0.1, -0.05) is 30.3 Å². The number of aromatic nitrogens is 2. The summed E-state index contributed by atoms with van der Waals surface area (Å²) in [6.45, 7) is -0.174. The largest absolute Gasteiger partial charge is 0.573 e. The number of rotatable bonds is 7. The maximum Gasteiger partial charge on any atom is 0.573 e. The van der Waals surface area contributed by atoms with Gasteiger partial charge in [0.15, 0.2) is 0 Å². The minimum Gasteiger partial charge on any atom is -0.405 e. The van der Waals surface area contributed by atoms with E-state index in [2.05, 4.69) is 9.72 Å². The summed E-state index contributed by atoms with van der Waals surface area (Å²) < 4.78 is 43.2. The Balaban J connectivity index is 1.91. The predicted molar refractivity (Wildman–Crippen MR) is 103 cm³/mol. The van der Waals surface area contributed by atoms with Crippen LogP contribution in [0.2, 0.25) is 0 Å². The predicted octanol–water partition coefficient (Wildman–Crippen LogP) is 2.41. The van der Waals surface area contributed by atoms with Gasteiger partial charge in [-0.3, -0.25) is 19.1 Å². The highest BCUT2D eigenvalue weighted by atomic mass is 19.4. The Morgan fingerprint density at radius 2 is 1.80 bits per heavy atom. The number of amides is 1. The number of alkyl halides is 3. The fraction of sp³-hybridized carbons (Fsp3) is 0.250. The molecule has 0 unspecified atom stereocenters. The van der Waals surface area contributed by atoms with E-state index < -0.39 is 17.8 Å². The zero-order valence-corrected chi connectivity index (χ0v) is 16.0. The van der Waals surface area contributed by atoms with E-state index in [1.165, 1.54) is 22.8 Å². The molecule has 0 atom stereocenters. The summed E-state index contributed by atoms with van der Waals surface area (Å²) in [5.74, 6) is -0.742. The number of hydrogen-bond acceptors (Lipinski definition) is 5. The van der Waals surface area contributed by atoms with Gasteiger partial charge >= 0.3 is 6.36 Å². The van der Waals surface area contributed by atoms with E-state index in [1.807, 2.05) is 0 Å². The molecule has 2 aromatic carbocycles. The van der Waals surface area contributed by atoms with Crippen molar-refractivity contribution in [3.05, 3.63) is 70.3 Å². The van der Waals surface area contributed by atoms with Gasteiger partial charge in [-0.15, -0.1) is 13.2 Å². The first-order valence-corrected chi connectivity index (χ1v) is 8.93. The molecular weight excluding hydrogens is 401 g/mol. The molecule has 2 N–H and O–H groups in total. The molecule has 0 spiro atoms. The second-order valence-corrected chi connectivity index (χ2v) is 6.73. The number of carbonyl (C=O) groups is 1. The summed E-state index contributed by atoms with van der Waals surface area (Å²) in [4.78, 5) is 30.4. The Hall–Kier alpha value is -3.40. The minimum absolute atomic E-state index is 0.0888. The summed E-state index contributed by atoms with van der Waals surface area (Å²) in [7, 11) is 1.65. The van der Waals surface area contributed by atoms with Crippen LogP contribution < -0.4 is 16.0 Å². The topological polar surface area (TPSA) is 90.4 Å². The number of benzene rings is 2. The highest BCUT2D eigenvalue weighted by Gasteiger charge is 2.32. The van der Waals surface area contributed by atoms with Crippen molar-refractivity contribution >= 4 is 16.8 Å². The quantitative estimate of drug-likeness (QED) is 0.634. The molecule has 0 saturated carbocycles. The molecule has 0 aliphatic rings. The lowest BCUT2D eigenvalue weighted by Gasteiger charge is -2.21. The van der Waals surface area contributed by atoms with E-state index in [0.29, 0.717) is 16.5 Å². The number of primary amides is 1. The average molecular weight is 420 g/mol. The summed E-state index contributed by atoms with van der Waals surface area (Å²) in [5.41, 5.74) is 5.62. The molecular formula is C20H19F3N4O3. The van der Waals surface area contributed by atoms with Crippen LogP contribution in [-0.2, 0) is 24.4 Å². The van der Waals surface area contributed by atoms with E-state index in [9.17, 15) is 22.8 Å². The van der Waals surface area contributed by atoms with Crippen molar-refractivity contribution in [3.8, 4) is 5.75 Å². The number of carbonyl (C=O) groups excluding carboxylic acids is 1. The Bertz CT molecular complexity index is 1130. The molecule has 0 fully saturated rings. The van der Waals surface area contributed by atoms with Crippen LogP contribution in [0.3, 0.4) is 0 Å². The van der Waals surface area contributed by atoms with Gasteiger partial charge in [-0.25, -0.2) is 4.98 Å². The van der Waals surface area contributed by atoms with Gasteiger partial charge in [0, 0.05) is 12.1 Å². The number of para-hydroxylation sites is 2. The van der Waals surface area contributed by atoms with Crippen LogP contribution in [0.5, 0.6) is 5.75 Å². The molecule has 30 heavy (non-hydrogen) atoms. The Morgan fingerprint density at radius 3 is 2.50 bits per heavy atom. The fourth-order valence-corrected chi connectivity index (χ4v) is 3.10. The lowest BCUT2D eigenvalue weighted by molar-refractivity contribution is -0.275. The van der Waals surface area contributed by atoms with E-state index in [0.717, 1.165) is 0 Å². The van der Waals surface area contributed by atoms with Crippen LogP contribution in [0.1, 0.15) is 11.4 Å². The lowest BCUT2D eigenvalue weighted by Crippen LogP contribution is -2.33. The molecule has 0 bridgehead atoms. The average Bonchev–Trinajstić information content (AvgIpc) is 2.65. The summed E-state index contributed by atoms with van der Waals surface area (Å²) in [5, 5.41) is 0.342. The van der Waals surface area contributed by atoms with Crippen molar-refractivity contribution in [3.63, 3.8) is 0 Å². The van der Waals surface area contributed by atoms with Gasteiger partial charge in [0.05, 0.1) is 17.4 Å². The third-order valence-electron chi connectivity index (χ3n) is 4.30. The number of halogens is 3. The highest BCUT2D eigenvalue weighted by Crippen LogP contribution is 2.27. The first kappa shape index (κ1) is 21.3. The van der Waals surface area contributed by atoms with Crippen LogP contribution in [-0.4, -0.2) is 33.8 Å². The molecule has 7 nitrogen and oxygen atoms in total. The molecule has 10 heteroatoms. The van der Waals surface area contributed by atoms with E-state index in [-0.39, 0.29) is 31.2 Å². The second kappa shape index (κ2) is 8.54.